The number of amides is 1. The average molecular weight is 335 g/mol. The van der Waals surface area contributed by atoms with Gasteiger partial charge in [-0.25, -0.2) is 4.79 Å². The monoisotopic (exact) mass is 335 g/mol. The molecule has 0 heterocycles. The summed E-state index contributed by atoms with van der Waals surface area (Å²) in [5.41, 5.74) is -0.206. The number of nitrogens with one attached hydrogen (secondary N) is 1. The summed E-state index contributed by atoms with van der Waals surface area (Å²) in [6, 6.07) is 4.93. The van der Waals surface area contributed by atoms with Crippen LogP contribution >= 0.6 is 22.6 Å². The van der Waals surface area contributed by atoms with Crippen molar-refractivity contribution in [2.75, 3.05) is 5.32 Å². The second-order valence-corrected chi connectivity index (χ2v) is 5.53. The van der Waals surface area contributed by atoms with Gasteiger partial charge >= 0.3 is 6.09 Å². The van der Waals surface area contributed by atoms with E-state index in [-0.39, 0.29) is 5.75 Å². The lowest BCUT2D eigenvalue weighted by atomic mass is 10.2. The quantitative estimate of drug-likeness (QED) is 0.611. The molecule has 1 amide bonds. The Hall–Kier alpha value is -0.980. The minimum atomic E-state index is -0.579. The van der Waals surface area contributed by atoms with Crippen molar-refractivity contribution in [1.82, 2.24) is 0 Å². The van der Waals surface area contributed by atoms with E-state index in [1.54, 1.807) is 32.9 Å². The number of carbonyl (C=O) groups excluding carboxylic acids is 1. The van der Waals surface area contributed by atoms with Gasteiger partial charge in [0.05, 0.1) is 5.69 Å². The van der Waals surface area contributed by atoms with Crippen LogP contribution in [0.5, 0.6) is 5.75 Å². The summed E-state index contributed by atoms with van der Waals surface area (Å²) in [5, 5.41) is 12.0. The predicted molar refractivity (Wildman–Crippen MR) is 70.7 cm³/mol. The van der Waals surface area contributed by atoms with Crippen molar-refractivity contribution in [2.24, 2.45) is 0 Å². The van der Waals surface area contributed by atoms with Gasteiger partial charge in [0.1, 0.15) is 11.4 Å². The normalized spacial score (nSPS) is 11.0. The van der Waals surface area contributed by atoms with Gasteiger partial charge < -0.3 is 9.84 Å². The molecule has 2 N–H and O–H groups in total. The lowest BCUT2D eigenvalue weighted by Crippen LogP contribution is -2.27. The lowest BCUT2D eigenvalue weighted by molar-refractivity contribution is 0.0635. The average Bonchev–Trinajstić information content (AvgIpc) is 2.08. The lowest BCUT2D eigenvalue weighted by Gasteiger charge is -2.19. The van der Waals surface area contributed by atoms with Gasteiger partial charge in [-0.3, -0.25) is 5.32 Å². The Bertz CT molecular complexity index is 399. The molecular formula is C11H14INO3. The van der Waals surface area contributed by atoms with Crippen LogP contribution in [0, 0.1) is 3.57 Å². The SMILES string of the molecule is CC(C)(C)OC(=O)Nc1cc(I)ccc1O. The van der Waals surface area contributed by atoms with Gasteiger partial charge in [-0.2, -0.15) is 0 Å². The largest absolute Gasteiger partial charge is 0.506 e. The molecule has 0 aliphatic rings. The second kappa shape index (κ2) is 4.90. The zero-order chi connectivity index (χ0) is 12.3. The smallest absolute Gasteiger partial charge is 0.412 e. The summed E-state index contributed by atoms with van der Waals surface area (Å²) >= 11 is 2.09. The molecule has 0 radical (unpaired) electrons. The summed E-state index contributed by atoms with van der Waals surface area (Å²) in [4.78, 5) is 11.4. The van der Waals surface area contributed by atoms with Crippen molar-refractivity contribution in [2.45, 2.75) is 26.4 Å². The Morgan fingerprint density at radius 2 is 2.06 bits per heavy atom. The molecule has 1 aromatic rings. The predicted octanol–water partition coefficient (Wildman–Crippen LogP) is 3.34. The summed E-state index contributed by atoms with van der Waals surface area (Å²) < 4.78 is 5.99. The second-order valence-electron chi connectivity index (χ2n) is 4.29. The third kappa shape index (κ3) is 4.26. The standard InChI is InChI=1S/C11H14INO3/c1-11(2,3)16-10(15)13-8-6-7(12)4-5-9(8)14/h4-6,14H,1-3H3,(H,13,15). The molecule has 16 heavy (non-hydrogen) atoms. The molecule has 88 valence electrons. The van der Waals surface area contributed by atoms with Gasteiger partial charge in [-0.05, 0) is 61.6 Å². The molecule has 0 saturated heterocycles. The molecule has 0 unspecified atom stereocenters. The van der Waals surface area contributed by atoms with E-state index < -0.39 is 11.7 Å². The Morgan fingerprint density at radius 3 is 2.62 bits per heavy atom. The maximum absolute atomic E-state index is 11.4. The zero-order valence-corrected chi connectivity index (χ0v) is 11.5. The number of ether oxygens (including phenoxy) is 1. The molecule has 0 aliphatic heterocycles. The summed E-state index contributed by atoms with van der Waals surface area (Å²) in [6.45, 7) is 5.34. The highest BCUT2D eigenvalue weighted by Gasteiger charge is 2.17. The molecule has 0 aromatic heterocycles. The topological polar surface area (TPSA) is 58.6 Å². The van der Waals surface area contributed by atoms with Crippen LogP contribution in [0.1, 0.15) is 20.8 Å². The number of phenols is 1. The van der Waals surface area contributed by atoms with E-state index in [1.807, 2.05) is 0 Å². The van der Waals surface area contributed by atoms with Crippen LogP contribution in [0.3, 0.4) is 0 Å². The highest BCUT2D eigenvalue weighted by atomic mass is 127. The van der Waals surface area contributed by atoms with Crippen LogP contribution in [0.2, 0.25) is 0 Å². The van der Waals surface area contributed by atoms with E-state index in [4.69, 9.17) is 4.74 Å². The summed E-state index contributed by atoms with van der Waals surface area (Å²) in [5.74, 6) is 0.0197. The van der Waals surface area contributed by atoms with Gasteiger partial charge in [-0.1, -0.05) is 0 Å². The number of carbonyl (C=O) groups is 1. The molecule has 1 aromatic carbocycles. The number of hydrogen-bond donors (Lipinski definition) is 2. The number of aromatic hydroxyl groups is 1. The maximum atomic E-state index is 11.4. The fraction of sp³-hybridized carbons (Fsp3) is 0.364. The number of phenolic OH excluding ortho intramolecular Hbond substituents is 1. The van der Waals surface area contributed by atoms with E-state index in [9.17, 15) is 9.90 Å². The van der Waals surface area contributed by atoms with E-state index >= 15 is 0 Å². The van der Waals surface area contributed by atoms with Crippen LogP contribution in [-0.2, 0) is 4.74 Å². The Labute approximate surface area is 108 Å². The Morgan fingerprint density at radius 1 is 1.44 bits per heavy atom. The molecule has 1 rings (SSSR count). The van der Waals surface area contributed by atoms with E-state index in [1.165, 1.54) is 6.07 Å². The zero-order valence-electron chi connectivity index (χ0n) is 9.37. The van der Waals surface area contributed by atoms with Crippen LogP contribution in [-0.4, -0.2) is 16.8 Å². The molecule has 0 fully saturated rings. The molecule has 0 bridgehead atoms. The molecule has 0 spiro atoms. The van der Waals surface area contributed by atoms with Crippen molar-refractivity contribution in [3.05, 3.63) is 21.8 Å². The first-order valence-corrected chi connectivity index (χ1v) is 5.84. The minimum Gasteiger partial charge on any atom is -0.506 e. The fourth-order valence-electron chi connectivity index (χ4n) is 1.02. The van der Waals surface area contributed by atoms with Gasteiger partial charge in [-0.15, -0.1) is 0 Å². The minimum absolute atomic E-state index is 0.0197. The molecular weight excluding hydrogens is 321 g/mol. The van der Waals surface area contributed by atoms with E-state index in [2.05, 4.69) is 27.9 Å². The molecule has 4 nitrogen and oxygen atoms in total. The highest BCUT2D eigenvalue weighted by molar-refractivity contribution is 14.1. The number of hydrogen-bond acceptors (Lipinski definition) is 3. The Balaban J connectivity index is 2.73. The van der Waals surface area contributed by atoms with Crippen molar-refractivity contribution < 1.29 is 14.6 Å². The first-order valence-electron chi connectivity index (χ1n) is 4.76. The number of rotatable bonds is 1. The molecule has 0 atom stereocenters. The van der Waals surface area contributed by atoms with Crippen molar-refractivity contribution in [1.29, 1.82) is 0 Å². The third-order valence-corrected chi connectivity index (χ3v) is 2.27. The third-order valence-electron chi connectivity index (χ3n) is 1.59. The maximum Gasteiger partial charge on any atom is 0.412 e. The van der Waals surface area contributed by atoms with Gasteiger partial charge in [0.2, 0.25) is 0 Å². The Kier molecular flexibility index (Phi) is 4.01. The van der Waals surface area contributed by atoms with Crippen LogP contribution in [0.15, 0.2) is 18.2 Å². The van der Waals surface area contributed by atoms with Crippen LogP contribution < -0.4 is 5.32 Å². The van der Waals surface area contributed by atoms with Gasteiger partial charge in [0, 0.05) is 3.57 Å². The van der Waals surface area contributed by atoms with Crippen LogP contribution in [0.4, 0.5) is 10.5 Å². The molecule has 0 aliphatic carbocycles. The van der Waals surface area contributed by atoms with E-state index in [0.717, 1.165) is 3.57 Å². The number of halogens is 1. The highest BCUT2D eigenvalue weighted by Crippen LogP contribution is 2.25. The van der Waals surface area contributed by atoms with Crippen LogP contribution in [0.25, 0.3) is 0 Å². The summed E-state index contributed by atoms with van der Waals surface area (Å²) in [7, 11) is 0. The van der Waals surface area contributed by atoms with E-state index in [0.29, 0.717) is 5.69 Å². The van der Waals surface area contributed by atoms with Gasteiger partial charge in [0.15, 0.2) is 0 Å². The van der Waals surface area contributed by atoms with Gasteiger partial charge in [0.25, 0.3) is 0 Å². The molecule has 0 saturated carbocycles. The summed E-state index contributed by atoms with van der Waals surface area (Å²) in [6.07, 6.45) is -0.579. The van der Waals surface area contributed by atoms with Crippen molar-refractivity contribution in [3.8, 4) is 5.75 Å². The molecule has 5 heteroatoms. The number of benzene rings is 1. The first-order chi connectivity index (χ1) is 7.28. The van der Waals surface area contributed by atoms with Crippen molar-refractivity contribution in [3.63, 3.8) is 0 Å². The van der Waals surface area contributed by atoms with Crippen molar-refractivity contribution >= 4 is 34.4 Å². The fourth-order valence-corrected chi connectivity index (χ4v) is 1.51. The number of anilines is 1. The first kappa shape index (κ1) is 13.1.